The minimum Gasteiger partial charge on any atom is -0.372 e. The van der Waals surface area contributed by atoms with Crippen molar-refractivity contribution in [3.8, 4) is 0 Å². The van der Waals surface area contributed by atoms with Crippen molar-refractivity contribution in [2.75, 3.05) is 36.8 Å². The Kier molecular flexibility index (Phi) is 8.63. The number of piperidine rings is 1. The highest BCUT2D eigenvalue weighted by Crippen LogP contribution is 2.26. The molecule has 2 N–H and O–H groups in total. The number of carbonyl (C=O) groups is 2. The van der Waals surface area contributed by atoms with E-state index in [2.05, 4.69) is 14.7 Å². The van der Waals surface area contributed by atoms with Gasteiger partial charge in [-0.15, -0.1) is 0 Å². The lowest BCUT2D eigenvalue weighted by Crippen LogP contribution is -2.45. The Bertz CT molecular complexity index is 1360. The lowest BCUT2D eigenvalue weighted by atomic mass is 9.94. The van der Waals surface area contributed by atoms with E-state index in [4.69, 9.17) is 17.5 Å². The van der Waals surface area contributed by atoms with Gasteiger partial charge in [0, 0.05) is 48.7 Å². The number of fused-ring (bicyclic) bond motifs is 1. The highest BCUT2D eigenvalue weighted by molar-refractivity contribution is 7.91. The first-order valence-corrected chi connectivity index (χ1v) is 14.1. The van der Waals surface area contributed by atoms with E-state index in [1.54, 1.807) is 48.8 Å². The largest absolute Gasteiger partial charge is 0.372 e. The van der Waals surface area contributed by atoms with Gasteiger partial charge in [0.05, 0.1) is 10.6 Å². The average Bonchev–Trinajstić information content (AvgIpc) is 2.92. The van der Waals surface area contributed by atoms with E-state index in [1.807, 2.05) is 12.1 Å². The molecule has 0 unspecified atom stereocenters. The zero-order valence-electron chi connectivity index (χ0n) is 20.3. The quantitative estimate of drug-likeness (QED) is 0.407. The molecule has 9 nitrogen and oxygen atoms in total. The van der Waals surface area contributed by atoms with Gasteiger partial charge in [-0.25, -0.2) is 13.2 Å². The number of anilines is 1. The van der Waals surface area contributed by atoms with Gasteiger partial charge in [-0.05, 0) is 66.4 Å². The van der Waals surface area contributed by atoms with Gasteiger partial charge in [0.25, 0.3) is 0 Å². The van der Waals surface area contributed by atoms with Crippen LogP contribution < -0.4 is 10.8 Å². The van der Waals surface area contributed by atoms with E-state index in [1.165, 1.54) is 4.90 Å². The fourth-order valence-electron chi connectivity index (χ4n) is 4.61. The SMILES string of the molecule is NOC(=O)CN(CCCS(=O)(=O)c1ccc2cc(Cl)ccc2c1)C(=O)C1CCN(c2ccncc2)CC1. The van der Waals surface area contributed by atoms with E-state index in [9.17, 15) is 18.0 Å². The van der Waals surface area contributed by atoms with Gasteiger partial charge < -0.3 is 14.6 Å². The third-order valence-electron chi connectivity index (χ3n) is 6.61. The third kappa shape index (κ3) is 6.76. The number of benzene rings is 2. The van der Waals surface area contributed by atoms with E-state index < -0.39 is 15.8 Å². The van der Waals surface area contributed by atoms with Gasteiger partial charge in [-0.1, -0.05) is 23.7 Å². The second-order valence-electron chi connectivity index (χ2n) is 9.04. The molecule has 1 aliphatic rings. The number of aromatic nitrogens is 1. The van der Waals surface area contributed by atoms with Crippen LogP contribution in [0.3, 0.4) is 0 Å². The molecule has 0 aliphatic carbocycles. The molecule has 1 saturated heterocycles. The van der Waals surface area contributed by atoms with Crippen molar-refractivity contribution in [1.82, 2.24) is 9.88 Å². The van der Waals surface area contributed by atoms with Gasteiger partial charge >= 0.3 is 5.97 Å². The minimum absolute atomic E-state index is 0.0981. The van der Waals surface area contributed by atoms with Crippen LogP contribution in [0.25, 0.3) is 10.8 Å². The number of sulfone groups is 1. The van der Waals surface area contributed by atoms with Crippen LogP contribution >= 0.6 is 11.6 Å². The highest BCUT2D eigenvalue weighted by atomic mass is 35.5. The number of rotatable bonds is 9. The van der Waals surface area contributed by atoms with Crippen LogP contribution in [-0.2, 0) is 24.3 Å². The second-order valence-corrected chi connectivity index (χ2v) is 11.6. The van der Waals surface area contributed by atoms with Crippen LogP contribution in [0.4, 0.5) is 5.69 Å². The summed E-state index contributed by atoms with van der Waals surface area (Å²) in [6.07, 6.45) is 4.87. The van der Waals surface area contributed by atoms with Crippen LogP contribution in [0.1, 0.15) is 19.3 Å². The molecule has 1 aromatic heterocycles. The fraction of sp³-hybridized carbons (Fsp3) is 0.346. The molecule has 1 fully saturated rings. The summed E-state index contributed by atoms with van der Waals surface area (Å²) < 4.78 is 26.0. The standard InChI is InChI=1S/C26H29ClN4O5S/c27-22-4-2-21-17-24(5-3-20(21)16-22)37(34,35)15-1-12-31(18-25(32)36-28)26(33)19-8-13-30(14-9-19)23-6-10-29-11-7-23/h2-7,10-11,16-17,19H,1,8-9,12-15,18,28H2. The van der Waals surface area contributed by atoms with Gasteiger partial charge in [-0.3, -0.25) is 9.78 Å². The summed E-state index contributed by atoms with van der Waals surface area (Å²) in [6.45, 7) is 1.16. The summed E-state index contributed by atoms with van der Waals surface area (Å²) in [5.41, 5.74) is 1.05. The maximum Gasteiger partial charge on any atom is 0.344 e. The molecule has 196 valence electrons. The van der Waals surface area contributed by atoms with E-state index >= 15 is 0 Å². The molecule has 11 heteroatoms. The van der Waals surface area contributed by atoms with Gasteiger partial charge in [-0.2, -0.15) is 5.90 Å². The first kappa shape index (κ1) is 26.8. The Hall–Kier alpha value is -3.21. The number of carbonyl (C=O) groups excluding carboxylic acids is 2. The normalized spacial score (nSPS) is 14.5. The van der Waals surface area contributed by atoms with Crippen molar-refractivity contribution in [2.24, 2.45) is 11.8 Å². The first-order chi connectivity index (χ1) is 17.8. The first-order valence-electron chi connectivity index (χ1n) is 12.0. The van der Waals surface area contributed by atoms with Crippen molar-refractivity contribution in [2.45, 2.75) is 24.2 Å². The summed E-state index contributed by atoms with van der Waals surface area (Å²) in [7, 11) is -3.60. The molecule has 0 bridgehead atoms. The van der Waals surface area contributed by atoms with Crippen molar-refractivity contribution in [3.63, 3.8) is 0 Å². The Labute approximate surface area is 221 Å². The number of nitrogens with zero attached hydrogens (tertiary/aromatic N) is 3. The predicted molar refractivity (Wildman–Crippen MR) is 142 cm³/mol. The number of amides is 1. The molecule has 1 amide bonds. The third-order valence-corrected chi connectivity index (χ3v) is 8.64. The van der Waals surface area contributed by atoms with Crippen LogP contribution in [0.15, 0.2) is 65.8 Å². The molecule has 0 radical (unpaired) electrons. The maximum atomic E-state index is 13.3. The van der Waals surface area contributed by atoms with Crippen LogP contribution in [-0.4, -0.2) is 62.1 Å². The lowest BCUT2D eigenvalue weighted by Gasteiger charge is -2.35. The number of halogens is 1. The molecule has 0 saturated carbocycles. The molecular weight excluding hydrogens is 516 g/mol. The predicted octanol–water partition coefficient (Wildman–Crippen LogP) is 3.21. The molecule has 0 spiro atoms. The topological polar surface area (TPSA) is 123 Å². The zero-order valence-corrected chi connectivity index (χ0v) is 21.8. The number of pyridine rings is 1. The summed E-state index contributed by atoms with van der Waals surface area (Å²) in [4.78, 5) is 37.2. The van der Waals surface area contributed by atoms with Gasteiger partial charge in [0.1, 0.15) is 6.54 Å². The van der Waals surface area contributed by atoms with Crippen molar-refractivity contribution in [3.05, 3.63) is 65.9 Å². The van der Waals surface area contributed by atoms with E-state index in [-0.39, 0.29) is 42.0 Å². The summed E-state index contributed by atoms with van der Waals surface area (Å²) in [5, 5.41) is 2.19. The minimum atomic E-state index is -3.60. The highest BCUT2D eigenvalue weighted by Gasteiger charge is 2.30. The fourth-order valence-corrected chi connectivity index (χ4v) is 6.12. The Morgan fingerprint density at radius 3 is 2.43 bits per heavy atom. The summed E-state index contributed by atoms with van der Waals surface area (Å²) in [5.74, 6) is 3.62. The lowest BCUT2D eigenvalue weighted by molar-refractivity contribution is -0.151. The Morgan fingerprint density at radius 1 is 1.05 bits per heavy atom. The zero-order chi connectivity index (χ0) is 26.4. The van der Waals surface area contributed by atoms with E-state index in [0.717, 1.165) is 16.5 Å². The molecule has 37 heavy (non-hydrogen) atoms. The number of nitrogens with two attached hydrogens (primary N) is 1. The Balaban J connectivity index is 1.38. The smallest absolute Gasteiger partial charge is 0.344 e. The van der Waals surface area contributed by atoms with Gasteiger partial charge in [0.2, 0.25) is 5.91 Å². The number of hydrogen-bond acceptors (Lipinski definition) is 8. The molecular formula is C26H29ClN4O5S. The monoisotopic (exact) mass is 544 g/mol. The maximum absolute atomic E-state index is 13.3. The number of hydrogen-bond donors (Lipinski definition) is 1. The molecule has 4 rings (SSSR count). The van der Waals surface area contributed by atoms with Crippen molar-refractivity contribution >= 4 is 49.8 Å². The molecule has 2 heterocycles. The van der Waals surface area contributed by atoms with Crippen LogP contribution in [0.2, 0.25) is 5.02 Å². The molecule has 0 atom stereocenters. The second kappa shape index (κ2) is 11.9. The van der Waals surface area contributed by atoms with Gasteiger partial charge in [0.15, 0.2) is 9.84 Å². The van der Waals surface area contributed by atoms with Crippen LogP contribution in [0, 0.1) is 5.92 Å². The average molecular weight is 545 g/mol. The van der Waals surface area contributed by atoms with Crippen molar-refractivity contribution in [1.29, 1.82) is 0 Å². The Morgan fingerprint density at radius 2 is 1.73 bits per heavy atom. The molecule has 2 aromatic carbocycles. The van der Waals surface area contributed by atoms with E-state index in [0.29, 0.717) is 31.0 Å². The summed E-state index contributed by atoms with van der Waals surface area (Å²) >= 11 is 6.01. The molecule has 3 aromatic rings. The molecule has 1 aliphatic heterocycles. The van der Waals surface area contributed by atoms with Crippen LogP contribution in [0.5, 0.6) is 0 Å². The summed E-state index contributed by atoms with van der Waals surface area (Å²) in [6, 6.07) is 14.0. The van der Waals surface area contributed by atoms with Crippen molar-refractivity contribution < 1.29 is 22.8 Å².